The summed E-state index contributed by atoms with van der Waals surface area (Å²) < 4.78 is 0. The zero-order valence-corrected chi connectivity index (χ0v) is 8.89. The maximum Gasteiger partial charge on any atom is 0.320 e. The van der Waals surface area contributed by atoms with Crippen LogP contribution < -0.4 is 11.1 Å². The summed E-state index contributed by atoms with van der Waals surface area (Å²) in [6.45, 7) is 0.569. The van der Waals surface area contributed by atoms with E-state index in [1.807, 2.05) is 24.3 Å². The number of carbonyl (C=O) groups is 1. The van der Waals surface area contributed by atoms with E-state index in [-0.39, 0.29) is 6.61 Å². The van der Waals surface area contributed by atoms with Gasteiger partial charge in [0.2, 0.25) is 0 Å². The molecule has 0 bridgehead atoms. The summed E-state index contributed by atoms with van der Waals surface area (Å²) >= 11 is 0. The van der Waals surface area contributed by atoms with Gasteiger partial charge in [0.05, 0.1) is 6.61 Å². The highest BCUT2D eigenvalue weighted by Crippen LogP contribution is 2.10. The van der Waals surface area contributed by atoms with Crippen LogP contribution in [-0.4, -0.2) is 35.4 Å². The van der Waals surface area contributed by atoms with Crippen LogP contribution in [0.3, 0.4) is 0 Å². The molecule has 1 atom stereocenters. The summed E-state index contributed by atoms with van der Waals surface area (Å²) in [5.41, 5.74) is 7.19. The third-order valence-corrected chi connectivity index (χ3v) is 2.17. The minimum Gasteiger partial charge on any atom is -0.480 e. The number of rotatable bonds is 6. The van der Waals surface area contributed by atoms with E-state index in [1.165, 1.54) is 0 Å². The van der Waals surface area contributed by atoms with Crippen LogP contribution in [0.4, 0.5) is 5.69 Å². The second-order valence-electron chi connectivity index (χ2n) is 3.50. The second kappa shape index (κ2) is 6.09. The number of nitrogens with one attached hydrogen (secondary N) is 1. The number of aliphatic hydroxyl groups excluding tert-OH is 1. The highest BCUT2D eigenvalue weighted by atomic mass is 16.4. The fraction of sp³-hybridized carbons (Fsp3) is 0.364. The van der Waals surface area contributed by atoms with Gasteiger partial charge in [-0.2, -0.15) is 0 Å². The molecule has 0 fully saturated rings. The summed E-state index contributed by atoms with van der Waals surface area (Å²) in [5.74, 6) is -0.998. The van der Waals surface area contributed by atoms with E-state index < -0.39 is 12.0 Å². The number of benzene rings is 1. The van der Waals surface area contributed by atoms with E-state index in [1.54, 1.807) is 0 Å². The zero-order chi connectivity index (χ0) is 12.0. The van der Waals surface area contributed by atoms with Crippen LogP contribution in [0.2, 0.25) is 0 Å². The molecule has 0 aliphatic heterocycles. The predicted molar refractivity (Wildman–Crippen MR) is 61.3 cm³/mol. The Morgan fingerprint density at radius 2 is 2.00 bits per heavy atom. The fourth-order valence-electron chi connectivity index (χ4n) is 1.30. The van der Waals surface area contributed by atoms with Crippen LogP contribution in [0.25, 0.3) is 0 Å². The molecule has 0 unspecified atom stereocenters. The SMILES string of the molecule is N[C@@H](Cc1ccc(NCCO)cc1)C(=O)O. The molecule has 0 amide bonds. The third-order valence-electron chi connectivity index (χ3n) is 2.17. The van der Waals surface area contributed by atoms with Gasteiger partial charge in [-0.1, -0.05) is 12.1 Å². The van der Waals surface area contributed by atoms with Crippen molar-refractivity contribution in [1.82, 2.24) is 0 Å². The average Bonchev–Trinajstić information content (AvgIpc) is 2.28. The van der Waals surface area contributed by atoms with Gasteiger partial charge in [0, 0.05) is 12.2 Å². The van der Waals surface area contributed by atoms with Crippen molar-refractivity contribution < 1.29 is 15.0 Å². The van der Waals surface area contributed by atoms with Gasteiger partial charge in [-0.15, -0.1) is 0 Å². The first kappa shape index (κ1) is 12.5. The lowest BCUT2D eigenvalue weighted by atomic mass is 10.1. The Kier molecular flexibility index (Phi) is 4.75. The monoisotopic (exact) mass is 224 g/mol. The maximum absolute atomic E-state index is 10.5. The molecule has 88 valence electrons. The fourth-order valence-corrected chi connectivity index (χ4v) is 1.30. The molecular weight excluding hydrogens is 208 g/mol. The summed E-state index contributed by atoms with van der Waals surface area (Å²) in [6.07, 6.45) is 0.315. The summed E-state index contributed by atoms with van der Waals surface area (Å²) in [4.78, 5) is 10.5. The Bertz CT molecular complexity index is 338. The number of aliphatic carboxylic acids is 1. The number of carboxylic acid groups (broad SMARTS) is 1. The number of anilines is 1. The molecule has 1 aromatic carbocycles. The van der Waals surface area contributed by atoms with Crippen LogP contribution in [0.15, 0.2) is 24.3 Å². The highest BCUT2D eigenvalue weighted by Gasteiger charge is 2.11. The molecule has 1 aromatic rings. The lowest BCUT2D eigenvalue weighted by molar-refractivity contribution is -0.138. The molecule has 0 spiro atoms. The van der Waals surface area contributed by atoms with Crippen LogP contribution in [0.1, 0.15) is 5.56 Å². The number of aliphatic hydroxyl groups is 1. The number of hydrogen-bond acceptors (Lipinski definition) is 4. The van der Waals surface area contributed by atoms with Crippen LogP contribution in [-0.2, 0) is 11.2 Å². The minimum absolute atomic E-state index is 0.0750. The van der Waals surface area contributed by atoms with Gasteiger partial charge in [-0.3, -0.25) is 4.79 Å². The summed E-state index contributed by atoms with van der Waals surface area (Å²) in [5, 5.41) is 20.3. The molecule has 0 saturated carbocycles. The first-order valence-corrected chi connectivity index (χ1v) is 5.05. The van der Waals surface area contributed by atoms with Crippen molar-refractivity contribution >= 4 is 11.7 Å². The lowest BCUT2D eigenvalue weighted by Crippen LogP contribution is -2.32. The van der Waals surface area contributed by atoms with Crippen molar-refractivity contribution in [2.45, 2.75) is 12.5 Å². The standard InChI is InChI=1S/C11H16N2O3/c12-10(11(15)16)7-8-1-3-9(4-2-8)13-5-6-14/h1-4,10,13-14H,5-7,12H2,(H,15,16)/t10-/m0/s1. The average molecular weight is 224 g/mol. The number of carboxylic acids is 1. The van der Waals surface area contributed by atoms with E-state index in [0.29, 0.717) is 13.0 Å². The van der Waals surface area contributed by atoms with Gasteiger partial charge in [-0.05, 0) is 24.1 Å². The third kappa shape index (κ3) is 3.88. The molecule has 0 aromatic heterocycles. The molecular formula is C11H16N2O3. The highest BCUT2D eigenvalue weighted by molar-refractivity contribution is 5.73. The summed E-state index contributed by atoms with van der Waals surface area (Å²) in [6, 6.07) is 6.45. The van der Waals surface area contributed by atoms with Gasteiger partial charge >= 0.3 is 5.97 Å². The smallest absolute Gasteiger partial charge is 0.320 e. The van der Waals surface area contributed by atoms with Crippen molar-refractivity contribution in [2.24, 2.45) is 5.73 Å². The largest absolute Gasteiger partial charge is 0.480 e. The van der Waals surface area contributed by atoms with E-state index in [9.17, 15) is 4.79 Å². The van der Waals surface area contributed by atoms with E-state index >= 15 is 0 Å². The Balaban J connectivity index is 2.54. The van der Waals surface area contributed by atoms with Gasteiger partial charge in [-0.25, -0.2) is 0 Å². The van der Waals surface area contributed by atoms with Gasteiger partial charge in [0.1, 0.15) is 6.04 Å². The van der Waals surface area contributed by atoms with Crippen LogP contribution in [0, 0.1) is 0 Å². The predicted octanol–water partition coefficient (Wildman–Crippen LogP) is 0.0452. The van der Waals surface area contributed by atoms with Crippen molar-refractivity contribution in [2.75, 3.05) is 18.5 Å². The van der Waals surface area contributed by atoms with Crippen LogP contribution >= 0.6 is 0 Å². The van der Waals surface area contributed by atoms with E-state index in [0.717, 1.165) is 11.3 Å². The molecule has 0 aliphatic carbocycles. The summed E-state index contributed by atoms with van der Waals surface area (Å²) in [7, 11) is 0. The molecule has 0 radical (unpaired) electrons. The molecule has 16 heavy (non-hydrogen) atoms. The van der Waals surface area contributed by atoms with E-state index in [2.05, 4.69) is 5.32 Å². The maximum atomic E-state index is 10.5. The number of nitrogens with two attached hydrogens (primary N) is 1. The first-order chi connectivity index (χ1) is 7.63. The molecule has 1 rings (SSSR count). The first-order valence-electron chi connectivity index (χ1n) is 5.05. The topological polar surface area (TPSA) is 95.6 Å². The van der Waals surface area contributed by atoms with Crippen molar-refractivity contribution in [3.63, 3.8) is 0 Å². The van der Waals surface area contributed by atoms with Crippen molar-refractivity contribution in [3.8, 4) is 0 Å². The Morgan fingerprint density at radius 1 is 1.38 bits per heavy atom. The van der Waals surface area contributed by atoms with Gasteiger partial charge < -0.3 is 21.3 Å². The van der Waals surface area contributed by atoms with Crippen LogP contribution in [0.5, 0.6) is 0 Å². The molecule has 5 N–H and O–H groups in total. The van der Waals surface area contributed by atoms with Gasteiger partial charge in [0.25, 0.3) is 0 Å². The lowest BCUT2D eigenvalue weighted by Gasteiger charge is -2.08. The second-order valence-corrected chi connectivity index (χ2v) is 3.50. The van der Waals surface area contributed by atoms with Crippen molar-refractivity contribution in [3.05, 3.63) is 29.8 Å². The van der Waals surface area contributed by atoms with E-state index in [4.69, 9.17) is 15.9 Å². The Labute approximate surface area is 93.9 Å². The number of hydrogen-bond donors (Lipinski definition) is 4. The minimum atomic E-state index is -0.998. The van der Waals surface area contributed by atoms with Crippen molar-refractivity contribution in [1.29, 1.82) is 0 Å². The molecule has 0 heterocycles. The zero-order valence-electron chi connectivity index (χ0n) is 8.89. The Hall–Kier alpha value is -1.59. The quantitative estimate of drug-likeness (QED) is 0.547. The normalized spacial score (nSPS) is 12.1. The molecule has 0 aliphatic rings. The Morgan fingerprint density at radius 3 is 2.50 bits per heavy atom. The van der Waals surface area contributed by atoms with Gasteiger partial charge in [0.15, 0.2) is 0 Å². The molecule has 0 saturated heterocycles. The molecule has 5 nitrogen and oxygen atoms in total. The molecule has 5 heteroatoms.